The molecule has 0 saturated carbocycles. The van der Waals surface area contributed by atoms with Crippen molar-refractivity contribution in [1.82, 2.24) is 10.3 Å². The van der Waals surface area contributed by atoms with Gasteiger partial charge in [-0.3, -0.25) is 9.69 Å². The Balaban J connectivity index is 1.57. The molecule has 0 aromatic heterocycles. The van der Waals surface area contributed by atoms with Crippen LogP contribution >= 0.6 is 11.8 Å². The quantitative estimate of drug-likeness (QED) is 0.772. The first-order chi connectivity index (χ1) is 11.1. The number of hydrazone groups is 1. The molecule has 1 amide bonds. The summed E-state index contributed by atoms with van der Waals surface area (Å²) in [5.41, 5.74) is 4.38. The number of nitrogens with one attached hydrogen (secondary N) is 1. The first kappa shape index (κ1) is 16.0. The fourth-order valence-corrected chi connectivity index (χ4v) is 3.44. The van der Waals surface area contributed by atoms with E-state index in [0.717, 1.165) is 35.7 Å². The van der Waals surface area contributed by atoms with E-state index in [9.17, 15) is 15.0 Å². The average Bonchev–Trinajstić information content (AvgIpc) is 2.56. The van der Waals surface area contributed by atoms with Crippen LogP contribution in [-0.4, -0.2) is 51.5 Å². The molecule has 1 aromatic rings. The van der Waals surface area contributed by atoms with Crippen LogP contribution in [0.5, 0.6) is 5.75 Å². The number of aliphatic hydroxyl groups excluding tert-OH is 1. The third-order valence-corrected chi connectivity index (χ3v) is 4.91. The number of phenolic OH excluding ortho intramolecular Hbond substituents is 1. The number of aromatic hydroxyl groups is 1. The van der Waals surface area contributed by atoms with Gasteiger partial charge < -0.3 is 10.2 Å². The summed E-state index contributed by atoms with van der Waals surface area (Å²) in [6.45, 7) is 2.08. The highest BCUT2D eigenvalue weighted by Gasteiger charge is 2.21. The number of amides is 1. The number of benzene rings is 1. The van der Waals surface area contributed by atoms with Crippen molar-refractivity contribution < 1.29 is 15.0 Å². The zero-order chi connectivity index (χ0) is 16.2. The normalized spacial score (nSPS) is 20.5. The van der Waals surface area contributed by atoms with Gasteiger partial charge >= 0.3 is 0 Å². The molecule has 23 heavy (non-hydrogen) atoms. The second-order valence-corrected chi connectivity index (χ2v) is 6.55. The van der Waals surface area contributed by atoms with Crippen molar-refractivity contribution in [1.29, 1.82) is 0 Å². The van der Waals surface area contributed by atoms with E-state index in [1.54, 1.807) is 18.2 Å². The van der Waals surface area contributed by atoms with Crippen molar-refractivity contribution >= 4 is 22.7 Å². The minimum Gasteiger partial charge on any atom is -0.508 e. The maximum absolute atomic E-state index is 11.1. The Hall–Kier alpha value is -1.83. The predicted molar refractivity (Wildman–Crippen MR) is 90.2 cm³/mol. The number of thioether (sulfide) groups is 1. The summed E-state index contributed by atoms with van der Waals surface area (Å²) in [5, 5.41) is 24.8. The number of carbonyl (C=O) groups is 1. The highest BCUT2D eigenvalue weighted by molar-refractivity contribution is 8.15. The van der Waals surface area contributed by atoms with Crippen molar-refractivity contribution in [2.45, 2.75) is 12.5 Å². The van der Waals surface area contributed by atoms with Gasteiger partial charge in [-0.15, -0.1) is 0 Å². The van der Waals surface area contributed by atoms with Crippen molar-refractivity contribution in [3.63, 3.8) is 0 Å². The molecule has 1 unspecified atom stereocenters. The number of nitrogens with zero attached hydrogens (tertiary/aromatic N) is 2. The van der Waals surface area contributed by atoms with Crippen LogP contribution in [0, 0.1) is 0 Å². The number of phenols is 1. The Morgan fingerprint density at radius 1 is 1.43 bits per heavy atom. The fourth-order valence-electron chi connectivity index (χ4n) is 2.63. The first-order valence-corrected chi connectivity index (χ1v) is 8.48. The molecule has 3 N–H and O–H groups in total. The Labute approximate surface area is 138 Å². The molecule has 1 atom stereocenters. The Morgan fingerprint density at radius 2 is 2.30 bits per heavy atom. The molecule has 122 valence electrons. The van der Waals surface area contributed by atoms with Crippen molar-refractivity contribution in [2.24, 2.45) is 5.10 Å². The van der Waals surface area contributed by atoms with Crippen molar-refractivity contribution in [3.05, 3.63) is 41.5 Å². The molecule has 7 heteroatoms. The Kier molecular flexibility index (Phi) is 5.00. The highest BCUT2D eigenvalue weighted by atomic mass is 32.2. The van der Waals surface area contributed by atoms with Gasteiger partial charge in [-0.2, -0.15) is 5.10 Å². The molecule has 0 radical (unpaired) electrons. The van der Waals surface area contributed by atoms with Gasteiger partial charge in [0.1, 0.15) is 10.8 Å². The molecule has 3 rings (SSSR count). The van der Waals surface area contributed by atoms with Gasteiger partial charge in [-0.25, -0.2) is 5.43 Å². The summed E-state index contributed by atoms with van der Waals surface area (Å²) in [6, 6.07) is 6.72. The summed E-state index contributed by atoms with van der Waals surface area (Å²) >= 11 is 1.47. The van der Waals surface area contributed by atoms with Crippen molar-refractivity contribution in [3.8, 4) is 5.75 Å². The third kappa shape index (κ3) is 4.13. The van der Waals surface area contributed by atoms with Crippen LogP contribution in [0.25, 0.3) is 0 Å². The van der Waals surface area contributed by atoms with Crippen LogP contribution in [0.2, 0.25) is 0 Å². The largest absolute Gasteiger partial charge is 0.508 e. The predicted octanol–water partition coefficient (Wildman–Crippen LogP) is 1.23. The van der Waals surface area contributed by atoms with Crippen LogP contribution in [0.3, 0.4) is 0 Å². The maximum atomic E-state index is 11.1. The Morgan fingerprint density at radius 3 is 2.96 bits per heavy atom. The first-order valence-electron chi connectivity index (χ1n) is 7.50. The van der Waals surface area contributed by atoms with Gasteiger partial charge in [0.15, 0.2) is 0 Å². The number of hydrogen-bond donors (Lipinski definition) is 3. The molecule has 2 aliphatic rings. The number of carbonyl (C=O) groups excluding carboxylic acids is 1. The van der Waals surface area contributed by atoms with Crippen LogP contribution < -0.4 is 5.43 Å². The van der Waals surface area contributed by atoms with E-state index >= 15 is 0 Å². The molecule has 0 spiro atoms. The van der Waals surface area contributed by atoms with E-state index in [4.69, 9.17) is 0 Å². The average molecular weight is 333 g/mol. The van der Waals surface area contributed by atoms with Gasteiger partial charge in [0, 0.05) is 19.6 Å². The number of hydrogen-bond acceptors (Lipinski definition) is 6. The van der Waals surface area contributed by atoms with Gasteiger partial charge in [-0.1, -0.05) is 30.0 Å². The lowest BCUT2D eigenvalue weighted by atomic mass is 10.1. The zero-order valence-electron chi connectivity index (χ0n) is 12.6. The van der Waals surface area contributed by atoms with E-state index in [2.05, 4.69) is 21.5 Å². The fraction of sp³-hybridized carbons (Fsp3) is 0.375. The lowest BCUT2D eigenvalue weighted by molar-refractivity contribution is -0.118. The molecule has 0 saturated heterocycles. The molecule has 2 aliphatic heterocycles. The monoisotopic (exact) mass is 333 g/mol. The number of β-amino-alcohol motifs (C(OH)–C–C–N with tert-alkyl or cyclic N) is 1. The highest BCUT2D eigenvalue weighted by Crippen LogP contribution is 2.24. The molecular formula is C16H19N3O3S. The standard InChI is InChI=1S/C16H19N3O3S/c20-13-3-1-2-12(8-13)14(21)9-19-6-4-11(5-7-19)16-18-17-15(22)10-23-16/h1-4,8,14,20-21H,5-7,9-10H2,(H,17,22). The zero-order valence-corrected chi connectivity index (χ0v) is 13.4. The van der Waals surface area contributed by atoms with Gasteiger partial charge in [0.2, 0.25) is 0 Å². The van der Waals surface area contributed by atoms with Crippen LogP contribution in [0.15, 0.2) is 41.0 Å². The minimum absolute atomic E-state index is 0.0639. The Bertz CT molecular complexity index is 660. The molecule has 0 fully saturated rings. The smallest absolute Gasteiger partial charge is 0.250 e. The van der Waals surface area contributed by atoms with Gasteiger partial charge in [0.25, 0.3) is 5.91 Å². The SMILES string of the molecule is O=C1CSC(C2=CCN(CC(O)c3cccc(O)c3)CC2)=NN1. The van der Waals surface area contributed by atoms with Gasteiger partial charge in [-0.05, 0) is 29.7 Å². The topological polar surface area (TPSA) is 85.2 Å². The molecule has 0 bridgehead atoms. The van der Waals surface area contributed by atoms with Crippen molar-refractivity contribution in [2.75, 3.05) is 25.4 Å². The minimum atomic E-state index is -0.627. The van der Waals surface area contributed by atoms with E-state index in [1.165, 1.54) is 11.8 Å². The maximum Gasteiger partial charge on any atom is 0.250 e. The summed E-state index contributed by atoms with van der Waals surface area (Å²) < 4.78 is 0. The second kappa shape index (κ2) is 7.16. The summed E-state index contributed by atoms with van der Waals surface area (Å²) in [6.07, 6.45) is 2.31. The summed E-state index contributed by atoms with van der Waals surface area (Å²) in [7, 11) is 0. The number of aliphatic hydroxyl groups is 1. The summed E-state index contributed by atoms with van der Waals surface area (Å²) in [4.78, 5) is 13.3. The van der Waals surface area contributed by atoms with E-state index < -0.39 is 6.10 Å². The molecule has 0 aliphatic carbocycles. The molecule has 1 aromatic carbocycles. The second-order valence-electron chi connectivity index (χ2n) is 5.59. The van der Waals surface area contributed by atoms with Crippen LogP contribution in [0.4, 0.5) is 0 Å². The third-order valence-electron chi connectivity index (χ3n) is 3.88. The lowest BCUT2D eigenvalue weighted by Gasteiger charge is -2.29. The molecule has 6 nitrogen and oxygen atoms in total. The van der Waals surface area contributed by atoms with Crippen LogP contribution in [-0.2, 0) is 4.79 Å². The van der Waals surface area contributed by atoms with Crippen LogP contribution in [0.1, 0.15) is 18.1 Å². The molecule has 2 heterocycles. The van der Waals surface area contributed by atoms with E-state index in [1.807, 2.05) is 6.07 Å². The number of rotatable bonds is 4. The summed E-state index contributed by atoms with van der Waals surface area (Å²) in [5.74, 6) is 0.513. The van der Waals surface area contributed by atoms with E-state index in [-0.39, 0.29) is 11.7 Å². The van der Waals surface area contributed by atoms with E-state index in [0.29, 0.717) is 12.3 Å². The van der Waals surface area contributed by atoms with Gasteiger partial charge in [0.05, 0.1) is 11.9 Å². The lowest BCUT2D eigenvalue weighted by Crippen LogP contribution is -2.34. The molecular weight excluding hydrogens is 314 g/mol.